The van der Waals surface area contributed by atoms with Crippen molar-refractivity contribution in [1.29, 1.82) is 0 Å². The minimum Gasteiger partial charge on any atom is -0.327 e. The van der Waals surface area contributed by atoms with Gasteiger partial charge in [-0.05, 0) is 42.9 Å². The van der Waals surface area contributed by atoms with Gasteiger partial charge in [0, 0.05) is 23.3 Å². The highest BCUT2D eigenvalue weighted by atomic mass is 35.5. The number of aryl methyl sites for hydroxylation is 2. The molecule has 1 aliphatic heterocycles. The van der Waals surface area contributed by atoms with Gasteiger partial charge < -0.3 is 5.32 Å². The van der Waals surface area contributed by atoms with E-state index in [9.17, 15) is 4.79 Å². The van der Waals surface area contributed by atoms with Gasteiger partial charge in [0.25, 0.3) is 5.91 Å². The molecule has 0 saturated carbocycles. The molecule has 1 N–H and O–H groups in total. The van der Waals surface area contributed by atoms with Crippen LogP contribution in [-0.4, -0.2) is 20.8 Å². The molecule has 2 aromatic rings. The second-order valence-electron chi connectivity index (χ2n) is 5.07. The average molecular weight is 367 g/mol. The zero-order valence-corrected chi connectivity index (χ0v) is 14.6. The number of thiocarbonyl (C=S) groups is 1. The third-order valence-corrected chi connectivity index (χ3v) is 4.22. The fourth-order valence-electron chi connectivity index (χ4n) is 2.33. The van der Waals surface area contributed by atoms with Crippen molar-refractivity contribution in [3.8, 4) is 0 Å². The number of nitrogens with one attached hydrogen (secondary N) is 1. The van der Waals surface area contributed by atoms with Gasteiger partial charge in [0.15, 0.2) is 5.11 Å². The first-order chi connectivity index (χ1) is 10.9. The third kappa shape index (κ3) is 2.97. The molecule has 0 aliphatic carbocycles. The standard InChI is InChI=1S/C15H12Cl2N4OS/c1-8-13(7-20(2)19-8)21-14(22)12(18-15(21)23)5-9-3-4-10(16)6-11(9)17/h3-7H,1-2H3,(H,18,23)/b12-5+. The Kier molecular flexibility index (Phi) is 4.14. The van der Waals surface area contributed by atoms with E-state index in [1.54, 1.807) is 42.2 Å². The Bertz CT molecular complexity index is 859. The number of halogens is 2. The smallest absolute Gasteiger partial charge is 0.281 e. The molecular formula is C15H12Cl2N4OS. The summed E-state index contributed by atoms with van der Waals surface area (Å²) in [6.45, 7) is 1.82. The minimum absolute atomic E-state index is 0.253. The van der Waals surface area contributed by atoms with Gasteiger partial charge in [-0.15, -0.1) is 0 Å². The number of benzene rings is 1. The Morgan fingerprint density at radius 1 is 1.35 bits per heavy atom. The molecule has 1 aliphatic rings. The molecule has 118 valence electrons. The van der Waals surface area contributed by atoms with Crippen LogP contribution in [0.1, 0.15) is 11.3 Å². The van der Waals surface area contributed by atoms with Gasteiger partial charge >= 0.3 is 0 Å². The molecule has 1 aromatic heterocycles. The zero-order chi connectivity index (χ0) is 16.7. The largest absolute Gasteiger partial charge is 0.327 e. The number of amides is 1. The predicted molar refractivity (Wildman–Crippen MR) is 95.6 cm³/mol. The highest BCUT2D eigenvalue weighted by molar-refractivity contribution is 7.80. The van der Waals surface area contributed by atoms with E-state index in [4.69, 9.17) is 35.4 Å². The summed E-state index contributed by atoms with van der Waals surface area (Å²) in [5.41, 5.74) is 2.40. The summed E-state index contributed by atoms with van der Waals surface area (Å²) in [5.74, 6) is -0.253. The van der Waals surface area contributed by atoms with Crippen LogP contribution in [0.4, 0.5) is 5.69 Å². The van der Waals surface area contributed by atoms with Crippen LogP contribution >= 0.6 is 35.4 Å². The molecular weight excluding hydrogens is 355 g/mol. The summed E-state index contributed by atoms with van der Waals surface area (Å²) in [6, 6.07) is 5.07. The van der Waals surface area contributed by atoms with E-state index >= 15 is 0 Å². The van der Waals surface area contributed by atoms with Gasteiger partial charge in [-0.2, -0.15) is 5.10 Å². The second-order valence-corrected chi connectivity index (χ2v) is 6.30. The first kappa shape index (κ1) is 16.0. The lowest BCUT2D eigenvalue weighted by Gasteiger charge is -2.11. The van der Waals surface area contributed by atoms with Crippen molar-refractivity contribution in [1.82, 2.24) is 15.1 Å². The average Bonchev–Trinajstić information content (AvgIpc) is 2.92. The lowest BCUT2D eigenvalue weighted by atomic mass is 10.2. The highest BCUT2D eigenvalue weighted by Crippen LogP contribution is 2.27. The van der Waals surface area contributed by atoms with Crippen LogP contribution < -0.4 is 10.2 Å². The topological polar surface area (TPSA) is 50.2 Å². The van der Waals surface area contributed by atoms with Crippen LogP contribution in [0.5, 0.6) is 0 Å². The fraction of sp³-hybridized carbons (Fsp3) is 0.133. The fourth-order valence-corrected chi connectivity index (χ4v) is 3.09. The van der Waals surface area contributed by atoms with Crippen molar-refractivity contribution < 1.29 is 4.79 Å². The molecule has 1 fully saturated rings. The van der Waals surface area contributed by atoms with E-state index in [1.165, 1.54) is 4.90 Å². The van der Waals surface area contributed by atoms with E-state index in [0.29, 0.717) is 32.1 Å². The molecule has 1 amide bonds. The van der Waals surface area contributed by atoms with Crippen molar-refractivity contribution in [2.45, 2.75) is 6.92 Å². The lowest BCUT2D eigenvalue weighted by molar-refractivity contribution is -0.113. The molecule has 0 atom stereocenters. The van der Waals surface area contributed by atoms with E-state index < -0.39 is 0 Å². The summed E-state index contributed by atoms with van der Waals surface area (Å²) in [7, 11) is 1.79. The Labute approximate surface area is 148 Å². The normalized spacial score (nSPS) is 16.3. The number of anilines is 1. The van der Waals surface area contributed by atoms with Gasteiger partial charge in [0.2, 0.25) is 0 Å². The van der Waals surface area contributed by atoms with Crippen LogP contribution in [0.2, 0.25) is 10.0 Å². The van der Waals surface area contributed by atoms with Crippen molar-refractivity contribution in [2.24, 2.45) is 7.05 Å². The zero-order valence-electron chi connectivity index (χ0n) is 12.3. The molecule has 1 aromatic carbocycles. The van der Waals surface area contributed by atoms with Crippen LogP contribution in [0.3, 0.4) is 0 Å². The Morgan fingerprint density at radius 3 is 2.70 bits per heavy atom. The maximum absolute atomic E-state index is 12.7. The van der Waals surface area contributed by atoms with Crippen molar-refractivity contribution >= 4 is 58.2 Å². The molecule has 3 rings (SSSR count). The molecule has 1 saturated heterocycles. The first-order valence-corrected chi connectivity index (χ1v) is 7.85. The van der Waals surface area contributed by atoms with Gasteiger partial charge in [0.05, 0.1) is 11.4 Å². The Morgan fingerprint density at radius 2 is 2.09 bits per heavy atom. The number of carbonyl (C=O) groups excluding carboxylic acids is 1. The van der Waals surface area contributed by atoms with E-state index in [0.717, 1.165) is 5.69 Å². The van der Waals surface area contributed by atoms with Crippen molar-refractivity contribution in [3.63, 3.8) is 0 Å². The minimum atomic E-state index is -0.253. The highest BCUT2D eigenvalue weighted by Gasteiger charge is 2.33. The molecule has 5 nitrogen and oxygen atoms in total. The molecule has 0 spiro atoms. The summed E-state index contributed by atoms with van der Waals surface area (Å²) < 4.78 is 1.64. The van der Waals surface area contributed by atoms with Gasteiger partial charge in [-0.3, -0.25) is 9.48 Å². The van der Waals surface area contributed by atoms with Gasteiger partial charge in [-0.1, -0.05) is 29.3 Å². The van der Waals surface area contributed by atoms with E-state index in [2.05, 4.69) is 10.4 Å². The van der Waals surface area contributed by atoms with Crippen molar-refractivity contribution in [3.05, 3.63) is 51.4 Å². The predicted octanol–water partition coefficient (Wildman–Crippen LogP) is 3.30. The summed E-state index contributed by atoms with van der Waals surface area (Å²) in [5, 5.41) is 8.46. The quantitative estimate of drug-likeness (QED) is 0.654. The summed E-state index contributed by atoms with van der Waals surface area (Å²) in [6.07, 6.45) is 3.40. The maximum atomic E-state index is 12.7. The van der Waals surface area contributed by atoms with Crippen LogP contribution in [0.25, 0.3) is 6.08 Å². The second kappa shape index (κ2) is 5.96. The van der Waals surface area contributed by atoms with Gasteiger partial charge in [-0.25, -0.2) is 4.90 Å². The molecule has 0 bridgehead atoms. The van der Waals surface area contributed by atoms with Crippen LogP contribution in [-0.2, 0) is 11.8 Å². The third-order valence-electron chi connectivity index (χ3n) is 3.37. The van der Waals surface area contributed by atoms with E-state index in [1.807, 2.05) is 6.92 Å². The monoisotopic (exact) mass is 366 g/mol. The number of rotatable bonds is 2. The van der Waals surface area contributed by atoms with E-state index in [-0.39, 0.29) is 5.91 Å². The Balaban J connectivity index is 1.98. The Hall–Kier alpha value is -1.89. The molecule has 8 heteroatoms. The molecule has 0 unspecified atom stereocenters. The molecule has 23 heavy (non-hydrogen) atoms. The SMILES string of the molecule is Cc1nn(C)cc1N1C(=O)/C(=C\c2ccc(Cl)cc2Cl)NC1=S. The van der Waals surface area contributed by atoms with Crippen LogP contribution in [0.15, 0.2) is 30.1 Å². The number of hydrogen-bond acceptors (Lipinski definition) is 3. The first-order valence-electron chi connectivity index (χ1n) is 6.69. The number of nitrogens with zero attached hydrogens (tertiary/aromatic N) is 3. The molecule has 2 heterocycles. The number of aromatic nitrogens is 2. The number of hydrogen-bond donors (Lipinski definition) is 1. The summed E-state index contributed by atoms with van der Waals surface area (Å²) >= 11 is 17.3. The van der Waals surface area contributed by atoms with Crippen LogP contribution in [0, 0.1) is 6.92 Å². The molecule has 0 radical (unpaired) electrons. The lowest BCUT2D eigenvalue weighted by Crippen LogP contribution is -2.30. The summed E-state index contributed by atoms with van der Waals surface area (Å²) in [4.78, 5) is 14.1. The van der Waals surface area contributed by atoms with Crippen molar-refractivity contribution in [2.75, 3.05) is 4.90 Å². The number of carbonyl (C=O) groups is 1. The maximum Gasteiger partial charge on any atom is 0.281 e. The van der Waals surface area contributed by atoms with Gasteiger partial charge in [0.1, 0.15) is 5.70 Å².